The van der Waals surface area contributed by atoms with E-state index in [1.165, 1.54) is 18.4 Å². The zero-order valence-electron chi connectivity index (χ0n) is 13.4. The number of ether oxygens (including phenoxy) is 2. The van der Waals surface area contributed by atoms with Crippen molar-refractivity contribution in [1.29, 1.82) is 0 Å². The summed E-state index contributed by atoms with van der Waals surface area (Å²) < 4.78 is 15.8. The first-order valence-electron chi connectivity index (χ1n) is 7.50. The van der Waals surface area contributed by atoms with Crippen molar-refractivity contribution < 1.29 is 23.6 Å². The number of hydrogen-bond acceptors (Lipinski definition) is 6. The molecule has 0 aliphatic heterocycles. The van der Waals surface area contributed by atoms with Gasteiger partial charge in [0.15, 0.2) is 0 Å². The third-order valence-electron chi connectivity index (χ3n) is 3.72. The second-order valence-corrected chi connectivity index (χ2v) is 5.39. The van der Waals surface area contributed by atoms with E-state index in [0.29, 0.717) is 22.5 Å². The van der Waals surface area contributed by atoms with Crippen LogP contribution in [0.2, 0.25) is 0 Å². The van der Waals surface area contributed by atoms with Crippen LogP contribution in [0.25, 0.3) is 11.0 Å². The summed E-state index contributed by atoms with van der Waals surface area (Å²) in [6, 6.07) is 11.3. The molecule has 128 valence electrons. The number of carbonyl (C=O) groups excluding carboxylic acids is 1. The Labute approximate surface area is 142 Å². The van der Waals surface area contributed by atoms with Gasteiger partial charge in [0.05, 0.1) is 24.7 Å². The average molecular weight is 341 g/mol. The van der Waals surface area contributed by atoms with E-state index in [2.05, 4.69) is 0 Å². The number of benzene rings is 2. The summed E-state index contributed by atoms with van der Waals surface area (Å²) in [6.07, 6.45) is 1.56. The molecule has 0 saturated heterocycles. The topological polar surface area (TPSA) is 91.8 Å². The van der Waals surface area contributed by atoms with Crippen molar-refractivity contribution in [2.45, 2.75) is 13.0 Å². The van der Waals surface area contributed by atoms with E-state index in [4.69, 9.17) is 13.9 Å². The van der Waals surface area contributed by atoms with Crippen LogP contribution in [-0.4, -0.2) is 18.0 Å². The fourth-order valence-corrected chi connectivity index (χ4v) is 2.46. The number of esters is 1. The Morgan fingerprint density at radius 2 is 2.08 bits per heavy atom. The first kappa shape index (κ1) is 16.5. The van der Waals surface area contributed by atoms with Gasteiger partial charge in [-0.1, -0.05) is 12.1 Å². The van der Waals surface area contributed by atoms with E-state index in [0.717, 1.165) is 5.39 Å². The molecule has 1 aromatic heterocycles. The molecular weight excluding hydrogens is 326 g/mol. The third kappa shape index (κ3) is 3.77. The lowest BCUT2D eigenvalue weighted by Crippen LogP contribution is -2.07. The van der Waals surface area contributed by atoms with Crippen LogP contribution in [0, 0.1) is 10.1 Å². The molecule has 0 radical (unpaired) electrons. The highest BCUT2D eigenvalue weighted by Gasteiger charge is 2.13. The lowest BCUT2D eigenvalue weighted by atomic mass is 10.1. The molecule has 3 aromatic rings. The Hall–Kier alpha value is -3.35. The molecule has 0 atom stereocenters. The summed E-state index contributed by atoms with van der Waals surface area (Å²) in [4.78, 5) is 22.3. The van der Waals surface area contributed by atoms with E-state index >= 15 is 0 Å². The number of nitrogens with zero attached hydrogens (tertiary/aromatic N) is 1. The number of furan rings is 1. The van der Waals surface area contributed by atoms with E-state index in [1.54, 1.807) is 31.4 Å². The summed E-state index contributed by atoms with van der Waals surface area (Å²) >= 11 is 0. The molecule has 0 amide bonds. The maximum atomic E-state index is 12.0. The SMILES string of the molecule is COc1ccc2c(CC(=O)OCc3cccc([N+](=O)[O-])c3)coc2c1. The van der Waals surface area contributed by atoms with Gasteiger partial charge in [0.2, 0.25) is 0 Å². The molecule has 0 aliphatic carbocycles. The van der Waals surface area contributed by atoms with Gasteiger partial charge in [0, 0.05) is 29.1 Å². The van der Waals surface area contributed by atoms with Crippen molar-refractivity contribution in [3.63, 3.8) is 0 Å². The Kier molecular flexibility index (Phi) is 4.65. The van der Waals surface area contributed by atoms with Gasteiger partial charge < -0.3 is 13.9 Å². The highest BCUT2D eigenvalue weighted by Crippen LogP contribution is 2.26. The minimum Gasteiger partial charge on any atom is -0.497 e. The van der Waals surface area contributed by atoms with Crippen LogP contribution in [0.1, 0.15) is 11.1 Å². The molecule has 0 saturated carbocycles. The maximum Gasteiger partial charge on any atom is 0.310 e. The van der Waals surface area contributed by atoms with Crippen LogP contribution >= 0.6 is 0 Å². The molecule has 7 heteroatoms. The van der Waals surface area contributed by atoms with Crippen molar-refractivity contribution in [2.24, 2.45) is 0 Å². The number of nitro benzene ring substituents is 1. The summed E-state index contributed by atoms with van der Waals surface area (Å²) in [6.45, 7) is -0.0237. The maximum absolute atomic E-state index is 12.0. The molecule has 0 aliphatic rings. The smallest absolute Gasteiger partial charge is 0.310 e. The minimum atomic E-state index is -0.489. The fraction of sp³-hybridized carbons (Fsp3) is 0.167. The lowest BCUT2D eigenvalue weighted by Gasteiger charge is -2.04. The molecule has 0 N–H and O–H groups in total. The highest BCUT2D eigenvalue weighted by atomic mass is 16.6. The van der Waals surface area contributed by atoms with Crippen LogP contribution in [0.15, 0.2) is 53.1 Å². The summed E-state index contributed by atoms with van der Waals surface area (Å²) in [5.41, 5.74) is 1.86. The number of methoxy groups -OCH3 is 1. The Morgan fingerprint density at radius 3 is 2.84 bits per heavy atom. The Morgan fingerprint density at radius 1 is 1.24 bits per heavy atom. The normalized spacial score (nSPS) is 10.6. The molecule has 7 nitrogen and oxygen atoms in total. The Balaban J connectivity index is 1.65. The molecule has 1 heterocycles. The van der Waals surface area contributed by atoms with E-state index in [-0.39, 0.29) is 18.7 Å². The Bertz CT molecular complexity index is 930. The monoisotopic (exact) mass is 341 g/mol. The molecule has 0 fully saturated rings. The summed E-state index contributed by atoms with van der Waals surface area (Å²) in [5.74, 6) is 0.228. The van der Waals surface area contributed by atoms with Gasteiger partial charge in [-0.3, -0.25) is 14.9 Å². The van der Waals surface area contributed by atoms with Crippen molar-refractivity contribution in [1.82, 2.24) is 0 Å². The minimum absolute atomic E-state index is 0.0237. The van der Waals surface area contributed by atoms with E-state index < -0.39 is 10.9 Å². The van der Waals surface area contributed by atoms with Crippen LogP contribution in [0.5, 0.6) is 5.75 Å². The molecule has 2 aromatic carbocycles. The second-order valence-electron chi connectivity index (χ2n) is 5.39. The van der Waals surface area contributed by atoms with Crippen LogP contribution < -0.4 is 4.74 Å². The molecule has 3 rings (SSSR count). The highest BCUT2D eigenvalue weighted by molar-refractivity contribution is 5.86. The van der Waals surface area contributed by atoms with Crippen molar-refractivity contribution in [2.75, 3.05) is 7.11 Å². The quantitative estimate of drug-likeness (QED) is 0.386. The summed E-state index contributed by atoms with van der Waals surface area (Å²) in [7, 11) is 1.57. The largest absolute Gasteiger partial charge is 0.497 e. The number of non-ortho nitro benzene ring substituents is 1. The van der Waals surface area contributed by atoms with Crippen LogP contribution in [-0.2, 0) is 22.6 Å². The number of hydrogen-bond donors (Lipinski definition) is 0. The molecule has 0 spiro atoms. The van der Waals surface area contributed by atoms with Gasteiger partial charge in [-0.2, -0.15) is 0 Å². The molecule has 0 bridgehead atoms. The summed E-state index contributed by atoms with van der Waals surface area (Å²) in [5, 5.41) is 11.6. The van der Waals surface area contributed by atoms with E-state index in [1.807, 2.05) is 6.07 Å². The number of nitro groups is 1. The number of rotatable bonds is 6. The van der Waals surface area contributed by atoms with Crippen molar-refractivity contribution in [3.8, 4) is 5.75 Å². The first-order chi connectivity index (χ1) is 12.1. The zero-order chi connectivity index (χ0) is 17.8. The molecule has 0 unspecified atom stereocenters. The predicted octanol–water partition coefficient (Wildman–Crippen LogP) is 3.64. The van der Waals surface area contributed by atoms with Gasteiger partial charge in [0.1, 0.15) is 17.9 Å². The zero-order valence-corrected chi connectivity index (χ0v) is 13.4. The predicted molar refractivity (Wildman–Crippen MR) is 89.4 cm³/mol. The van der Waals surface area contributed by atoms with Crippen LogP contribution in [0.4, 0.5) is 5.69 Å². The van der Waals surface area contributed by atoms with Crippen molar-refractivity contribution >= 4 is 22.6 Å². The van der Waals surface area contributed by atoms with Crippen LogP contribution in [0.3, 0.4) is 0 Å². The van der Waals surface area contributed by atoms with Crippen molar-refractivity contribution in [3.05, 3.63) is 70.0 Å². The average Bonchev–Trinajstić information content (AvgIpc) is 3.02. The second kappa shape index (κ2) is 7.04. The fourth-order valence-electron chi connectivity index (χ4n) is 2.46. The standard InChI is InChI=1S/C18H15NO6/c1-23-15-5-6-16-13(11-24-17(16)9-15)8-18(20)25-10-12-3-2-4-14(7-12)19(21)22/h2-7,9,11H,8,10H2,1H3. The number of carbonyl (C=O) groups is 1. The van der Waals surface area contributed by atoms with Gasteiger partial charge in [0.25, 0.3) is 5.69 Å². The van der Waals surface area contributed by atoms with E-state index in [9.17, 15) is 14.9 Å². The molecule has 25 heavy (non-hydrogen) atoms. The third-order valence-corrected chi connectivity index (χ3v) is 3.72. The van der Waals surface area contributed by atoms with Gasteiger partial charge in [-0.15, -0.1) is 0 Å². The van der Waals surface area contributed by atoms with Gasteiger partial charge in [-0.05, 0) is 17.7 Å². The number of fused-ring (bicyclic) bond motifs is 1. The van der Waals surface area contributed by atoms with Gasteiger partial charge >= 0.3 is 5.97 Å². The molecular formula is C18H15NO6. The van der Waals surface area contributed by atoms with Gasteiger partial charge in [-0.25, -0.2) is 0 Å². The lowest BCUT2D eigenvalue weighted by molar-refractivity contribution is -0.384. The first-order valence-corrected chi connectivity index (χ1v) is 7.50.